The molecule has 25 heavy (non-hydrogen) atoms. The summed E-state index contributed by atoms with van der Waals surface area (Å²) in [4.78, 5) is 11.8. The number of hydrogen-bond donors (Lipinski definition) is 1. The number of rotatable bonds is 6. The Kier molecular flexibility index (Phi) is 9.34. The highest BCUT2D eigenvalue weighted by Gasteiger charge is 2.27. The molecule has 1 aliphatic rings. The Morgan fingerprint density at radius 3 is 2.92 bits per heavy atom. The highest BCUT2D eigenvalue weighted by molar-refractivity contribution is 7.09. The van der Waals surface area contributed by atoms with E-state index in [0.29, 0.717) is 6.04 Å². The number of aryl methyl sites for hydroxylation is 1. The summed E-state index contributed by atoms with van der Waals surface area (Å²) in [6.07, 6.45) is 3.95. The fraction of sp³-hybridized carbons (Fsp3) is 0.625. The molecule has 2 aromatic heterocycles. The quantitative estimate of drug-likeness (QED) is 0.797. The first-order valence-corrected chi connectivity index (χ1v) is 9.05. The van der Waals surface area contributed by atoms with E-state index in [9.17, 15) is 0 Å². The fourth-order valence-corrected chi connectivity index (χ4v) is 3.81. The van der Waals surface area contributed by atoms with Gasteiger partial charge in [-0.3, -0.25) is 4.90 Å². The maximum Gasteiger partial charge on any atom is 0.127 e. The number of aromatic nitrogens is 3. The molecule has 1 fully saturated rings. The van der Waals surface area contributed by atoms with Gasteiger partial charge in [-0.05, 0) is 13.8 Å². The molecular formula is C16H27Cl2N5OS. The van der Waals surface area contributed by atoms with Crippen molar-refractivity contribution in [3.8, 4) is 0 Å². The van der Waals surface area contributed by atoms with Crippen LogP contribution in [0.25, 0.3) is 0 Å². The van der Waals surface area contributed by atoms with Crippen LogP contribution in [-0.2, 0) is 18.3 Å². The predicted octanol–water partition coefficient (Wildman–Crippen LogP) is 2.96. The van der Waals surface area contributed by atoms with Gasteiger partial charge in [-0.25, -0.2) is 9.97 Å². The van der Waals surface area contributed by atoms with Crippen LogP contribution < -0.4 is 5.32 Å². The molecule has 2 atom stereocenters. The van der Waals surface area contributed by atoms with Crippen molar-refractivity contribution in [2.75, 3.05) is 26.2 Å². The minimum absolute atomic E-state index is 0. The van der Waals surface area contributed by atoms with Gasteiger partial charge in [-0.2, -0.15) is 0 Å². The van der Waals surface area contributed by atoms with E-state index < -0.39 is 0 Å². The van der Waals surface area contributed by atoms with Gasteiger partial charge in [-0.15, -0.1) is 36.2 Å². The van der Waals surface area contributed by atoms with E-state index >= 15 is 0 Å². The molecule has 1 N–H and O–H groups in total. The zero-order valence-electron chi connectivity index (χ0n) is 14.8. The third-order valence-electron chi connectivity index (χ3n) is 4.21. The summed E-state index contributed by atoms with van der Waals surface area (Å²) in [6, 6.07) is 0.290. The lowest BCUT2D eigenvalue weighted by Crippen LogP contribution is -2.46. The van der Waals surface area contributed by atoms with Crippen LogP contribution in [0.1, 0.15) is 42.5 Å². The smallest absolute Gasteiger partial charge is 0.127 e. The Balaban J connectivity index is 0.00000156. The van der Waals surface area contributed by atoms with E-state index in [1.54, 1.807) is 11.3 Å². The second kappa shape index (κ2) is 10.4. The van der Waals surface area contributed by atoms with Crippen molar-refractivity contribution in [2.24, 2.45) is 7.05 Å². The Hall–Kier alpha value is -0.700. The summed E-state index contributed by atoms with van der Waals surface area (Å²) in [6.45, 7) is 8.59. The van der Waals surface area contributed by atoms with Gasteiger partial charge >= 0.3 is 0 Å². The van der Waals surface area contributed by atoms with Crippen LogP contribution in [0.5, 0.6) is 0 Å². The van der Waals surface area contributed by atoms with Crippen LogP contribution in [-0.4, -0.2) is 45.7 Å². The van der Waals surface area contributed by atoms with Crippen molar-refractivity contribution < 1.29 is 4.74 Å². The van der Waals surface area contributed by atoms with Crippen LogP contribution in [0, 0.1) is 0 Å². The monoisotopic (exact) mass is 407 g/mol. The van der Waals surface area contributed by atoms with Crippen molar-refractivity contribution in [3.05, 3.63) is 34.3 Å². The normalized spacial score (nSPS) is 19.1. The lowest BCUT2D eigenvalue weighted by Gasteiger charge is -2.35. The molecule has 2 aromatic rings. The Bertz CT molecular complexity index is 636. The van der Waals surface area contributed by atoms with Crippen LogP contribution in [0.4, 0.5) is 0 Å². The SMILES string of the molecule is CCOC(C)c1nc(CN2CCNCC2c2nccn2C)cs1.Cl.Cl. The maximum atomic E-state index is 5.64. The number of hydrogen-bond acceptors (Lipinski definition) is 6. The molecule has 3 rings (SSSR count). The van der Waals surface area contributed by atoms with Gasteiger partial charge in [0.05, 0.1) is 11.7 Å². The fourth-order valence-electron chi connectivity index (χ4n) is 3.00. The molecule has 0 radical (unpaired) electrons. The first-order valence-electron chi connectivity index (χ1n) is 8.17. The van der Waals surface area contributed by atoms with Crippen LogP contribution >= 0.6 is 36.2 Å². The summed E-state index contributed by atoms with van der Waals surface area (Å²) < 4.78 is 7.74. The molecular weight excluding hydrogens is 381 g/mol. The van der Waals surface area contributed by atoms with Crippen molar-refractivity contribution in [2.45, 2.75) is 32.5 Å². The zero-order valence-corrected chi connectivity index (χ0v) is 17.3. The summed E-state index contributed by atoms with van der Waals surface area (Å²) in [5.41, 5.74) is 1.12. The number of nitrogens with zero attached hydrogens (tertiary/aromatic N) is 4. The topological polar surface area (TPSA) is 55.2 Å². The van der Waals surface area contributed by atoms with E-state index in [2.05, 4.69) is 39.1 Å². The van der Waals surface area contributed by atoms with E-state index in [-0.39, 0.29) is 30.9 Å². The van der Waals surface area contributed by atoms with E-state index in [1.807, 2.05) is 19.3 Å². The zero-order chi connectivity index (χ0) is 16.2. The van der Waals surface area contributed by atoms with Gasteiger partial charge in [-0.1, -0.05) is 0 Å². The van der Waals surface area contributed by atoms with Crippen LogP contribution in [0.15, 0.2) is 17.8 Å². The standard InChI is InChI=1S/C16H25N5OS.2ClH/c1-4-22-12(2)16-19-13(11-23-16)10-21-8-5-17-9-14(21)15-18-6-7-20(15)3;;/h6-7,11-12,14,17H,4-5,8-10H2,1-3H3;2*1H. The summed E-state index contributed by atoms with van der Waals surface area (Å²) in [7, 11) is 2.06. The second-order valence-corrected chi connectivity index (χ2v) is 6.75. The lowest BCUT2D eigenvalue weighted by atomic mass is 10.1. The predicted molar refractivity (Wildman–Crippen MR) is 106 cm³/mol. The molecule has 1 aliphatic heterocycles. The van der Waals surface area contributed by atoms with Gasteiger partial charge in [0.2, 0.25) is 0 Å². The molecule has 1 saturated heterocycles. The maximum absolute atomic E-state index is 5.64. The molecule has 3 heterocycles. The third-order valence-corrected chi connectivity index (χ3v) is 5.26. The van der Waals surface area contributed by atoms with E-state index in [0.717, 1.165) is 49.3 Å². The van der Waals surface area contributed by atoms with Crippen LogP contribution in [0.2, 0.25) is 0 Å². The highest BCUT2D eigenvalue weighted by Crippen LogP contribution is 2.25. The second-order valence-electron chi connectivity index (χ2n) is 5.86. The molecule has 0 bridgehead atoms. The number of ether oxygens (including phenoxy) is 1. The summed E-state index contributed by atoms with van der Waals surface area (Å²) in [5.74, 6) is 1.11. The van der Waals surface area contributed by atoms with Crippen molar-refractivity contribution >= 4 is 36.2 Å². The van der Waals surface area contributed by atoms with Crippen molar-refractivity contribution in [1.82, 2.24) is 24.8 Å². The Labute approximate surface area is 165 Å². The number of imidazole rings is 1. The third kappa shape index (κ3) is 5.39. The minimum Gasteiger partial charge on any atom is -0.372 e. The molecule has 9 heteroatoms. The number of halogens is 2. The number of thiazole rings is 1. The lowest BCUT2D eigenvalue weighted by molar-refractivity contribution is 0.0758. The van der Waals surface area contributed by atoms with Gasteiger partial charge in [0.15, 0.2) is 0 Å². The average molecular weight is 408 g/mol. The van der Waals surface area contributed by atoms with Gasteiger partial charge in [0.1, 0.15) is 16.9 Å². The largest absolute Gasteiger partial charge is 0.372 e. The molecule has 6 nitrogen and oxygen atoms in total. The molecule has 2 unspecified atom stereocenters. The van der Waals surface area contributed by atoms with Crippen molar-refractivity contribution in [3.63, 3.8) is 0 Å². The average Bonchev–Trinajstić information content (AvgIpc) is 3.17. The van der Waals surface area contributed by atoms with Crippen molar-refractivity contribution in [1.29, 1.82) is 0 Å². The Morgan fingerprint density at radius 1 is 1.44 bits per heavy atom. The first-order chi connectivity index (χ1) is 11.2. The van der Waals surface area contributed by atoms with Crippen LogP contribution in [0.3, 0.4) is 0 Å². The molecule has 0 aromatic carbocycles. The van der Waals surface area contributed by atoms with Gasteiger partial charge in [0, 0.05) is 57.6 Å². The minimum atomic E-state index is 0. The molecule has 0 spiro atoms. The summed E-state index contributed by atoms with van der Waals surface area (Å²) in [5, 5.41) is 6.69. The number of nitrogens with one attached hydrogen (secondary N) is 1. The molecule has 142 valence electrons. The first kappa shape index (κ1) is 22.3. The van der Waals surface area contributed by atoms with E-state index in [1.165, 1.54) is 0 Å². The number of piperazine rings is 1. The molecule has 0 amide bonds. The van der Waals surface area contributed by atoms with Gasteiger partial charge in [0.25, 0.3) is 0 Å². The molecule has 0 aliphatic carbocycles. The van der Waals surface area contributed by atoms with Gasteiger partial charge < -0.3 is 14.6 Å². The highest BCUT2D eigenvalue weighted by atomic mass is 35.5. The summed E-state index contributed by atoms with van der Waals surface area (Å²) >= 11 is 1.69. The Morgan fingerprint density at radius 2 is 2.24 bits per heavy atom. The molecule has 0 saturated carbocycles. The van der Waals surface area contributed by atoms with E-state index in [4.69, 9.17) is 9.72 Å².